The van der Waals surface area contributed by atoms with Crippen molar-refractivity contribution in [3.05, 3.63) is 61.1 Å². The van der Waals surface area contributed by atoms with Gasteiger partial charge in [0, 0.05) is 24.5 Å². The van der Waals surface area contributed by atoms with Gasteiger partial charge in [0.15, 0.2) is 0 Å². The Balaban J connectivity index is 1.32. The smallest absolute Gasteiger partial charge is 0.240 e. The van der Waals surface area contributed by atoms with Crippen molar-refractivity contribution in [1.82, 2.24) is 24.7 Å². The number of aliphatic hydroxyl groups excluding tert-OH is 1. The van der Waals surface area contributed by atoms with Crippen molar-refractivity contribution in [2.75, 3.05) is 6.61 Å². The molecular formula is C21H25N5O4S. The highest BCUT2D eigenvalue weighted by molar-refractivity contribution is 7.89. The summed E-state index contributed by atoms with van der Waals surface area (Å²) in [5.74, 6) is 0. The van der Waals surface area contributed by atoms with E-state index in [1.807, 2.05) is 18.3 Å². The summed E-state index contributed by atoms with van der Waals surface area (Å²) in [6.45, 7) is 0.351. The van der Waals surface area contributed by atoms with Crippen molar-refractivity contribution in [3.63, 3.8) is 0 Å². The number of sulfonamides is 1. The third kappa shape index (κ3) is 5.34. The lowest BCUT2D eigenvalue weighted by Gasteiger charge is -2.36. The van der Waals surface area contributed by atoms with Crippen LogP contribution in [0.25, 0.3) is 11.3 Å². The number of aliphatic hydroxyl groups is 1. The average Bonchev–Trinajstić information content (AvgIpc) is 3.28. The summed E-state index contributed by atoms with van der Waals surface area (Å²) in [5.41, 5.74) is 1.65. The van der Waals surface area contributed by atoms with Crippen LogP contribution in [0, 0.1) is 0 Å². The number of aromatic nitrogens is 4. The minimum atomic E-state index is -3.67. The van der Waals surface area contributed by atoms with Gasteiger partial charge < -0.3 is 9.84 Å². The van der Waals surface area contributed by atoms with E-state index in [0.29, 0.717) is 25.8 Å². The third-order valence-corrected chi connectivity index (χ3v) is 6.84. The molecule has 1 aliphatic rings. The van der Waals surface area contributed by atoms with Crippen LogP contribution < -0.4 is 4.72 Å². The summed E-state index contributed by atoms with van der Waals surface area (Å²) < 4.78 is 35.6. The Hall–Kier alpha value is -2.66. The van der Waals surface area contributed by atoms with Gasteiger partial charge in [-0.25, -0.2) is 13.1 Å². The summed E-state index contributed by atoms with van der Waals surface area (Å²) in [4.78, 5) is 4.29. The number of benzene rings is 1. The molecule has 31 heavy (non-hydrogen) atoms. The molecule has 0 unspecified atom stereocenters. The molecule has 3 heterocycles. The lowest BCUT2D eigenvalue weighted by atomic mass is 9.98. The van der Waals surface area contributed by atoms with Crippen LogP contribution in [0.15, 0.2) is 66.0 Å². The number of hydrogen-bond acceptors (Lipinski definition) is 7. The second kappa shape index (κ2) is 9.65. The lowest BCUT2D eigenvalue weighted by Crippen LogP contribution is -2.50. The molecule has 0 bridgehead atoms. The van der Waals surface area contributed by atoms with Gasteiger partial charge in [-0.1, -0.05) is 23.4 Å². The Morgan fingerprint density at radius 2 is 2.00 bits per heavy atom. The summed E-state index contributed by atoms with van der Waals surface area (Å²) in [7, 11) is -3.67. The van der Waals surface area contributed by atoms with Crippen LogP contribution in [0.2, 0.25) is 0 Å². The fourth-order valence-corrected chi connectivity index (χ4v) is 5.00. The molecule has 1 aliphatic heterocycles. The van der Waals surface area contributed by atoms with Crippen molar-refractivity contribution in [1.29, 1.82) is 0 Å². The maximum atomic E-state index is 12.6. The zero-order valence-electron chi connectivity index (χ0n) is 16.9. The normalized spacial score (nSPS) is 21.8. The Kier molecular flexibility index (Phi) is 6.71. The summed E-state index contributed by atoms with van der Waals surface area (Å²) in [5, 5.41) is 18.1. The van der Waals surface area contributed by atoms with E-state index in [1.165, 1.54) is 0 Å². The van der Waals surface area contributed by atoms with Crippen LogP contribution in [-0.4, -0.2) is 58.4 Å². The second-order valence-corrected chi connectivity index (χ2v) is 9.21. The van der Waals surface area contributed by atoms with Gasteiger partial charge in [-0.05, 0) is 43.5 Å². The molecule has 0 aliphatic carbocycles. The predicted octanol–water partition coefficient (Wildman–Crippen LogP) is 1.62. The lowest BCUT2D eigenvalue weighted by molar-refractivity contribution is -0.0891. The Labute approximate surface area is 181 Å². The quantitative estimate of drug-likeness (QED) is 0.543. The minimum absolute atomic E-state index is 0.0966. The molecule has 3 aromatic rings. The largest absolute Gasteiger partial charge is 0.394 e. The minimum Gasteiger partial charge on any atom is -0.394 e. The molecule has 0 spiro atoms. The highest BCUT2D eigenvalue weighted by Crippen LogP contribution is 2.24. The van der Waals surface area contributed by atoms with Gasteiger partial charge in [-0.15, -0.1) is 5.10 Å². The van der Waals surface area contributed by atoms with Gasteiger partial charge >= 0.3 is 0 Å². The van der Waals surface area contributed by atoms with Crippen molar-refractivity contribution >= 4 is 10.0 Å². The van der Waals surface area contributed by atoms with Gasteiger partial charge in [0.1, 0.15) is 5.69 Å². The maximum absolute atomic E-state index is 12.6. The number of nitrogens with one attached hydrogen (secondary N) is 1. The molecule has 9 nitrogen and oxygen atoms in total. The van der Waals surface area contributed by atoms with E-state index in [4.69, 9.17) is 4.74 Å². The highest BCUT2D eigenvalue weighted by atomic mass is 32.2. The summed E-state index contributed by atoms with van der Waals surface area (Å²) in [6.07, 6.45) is 6.56. The van der Waals surface area contributed by atoms with Crippen LogP contribution in [0.3, 0.4) is 0 Å². The predicted molar refractivity (Wildman–Crippen MR) is 113 cm³/mol. The van der Waals surface area contributed by atoms with E-state index < -0.39 is 22.2 Å². The molecule has 10 heteroatoms. The first-order valence-electron chi connectivity index (χ1n) is 10.2. The first-order chi connectivity index (χ1) is 15.0. The monoisotopic (exact) mass is 443 g/mol. The fourth-order valence-electron chi connectivity index (χ4n) is 3.68. The van der Waals surface area contributed by atoms with Gasteiger partial charge in [0.2, 0.25) is 10.0 Å². The number of nitrogens with zero attached hydrogens (tertiary/aromatic N) is 4. The van der Waals surface area contributed by atoms with Crippen LogP contribution in [0.4, 0.5) is 0 Å². The molecule has 1 saturated heterocycles. The highest BCUT2D eigenvalue weighted by Gasteiger charge is 2.33. The molecule has 2 aromatic heterocycles. The number of hydrogen-bond donors (Lipinski definition) is 2. The SMILES string of the molecule is O=S(=O)(N[C@H]1CC[C@@H](CCn2cc(-c3cccnc3)nn2)O[C@@H]1CO)c1ccccc1. The molecule has 3 atom stereocenters. The number of pyridine rings is 1. The van der Waals surface area contributed by atoms with Gasteiger partial charge in [-0.2, -0.15) is 0 Å². The zero-order chi connectivity index (χ0) is 21.7. The van der Waals surface area contributed by atoms with Crippen molar-refractivity contribution in [2.45, 2.75) is 49.0 Å². The number of ether oxygens (including phenoxy) is 1. The van der Waals surface area contributed by atoms with E-state index in [-0.39, 0.29) is 17.6 Å². The average molecular weight is 444 g/mol. The molecule has 4 rings (SSSR count). The number of rotatable bonds is 8. The van der Waals surface area contributed by atoms with Crippen LogP contribution >= 0.6 is 0 Å². The van der Waals surface area contributed by atoms with E-state index in [9.17, 15) is 13.5 Å². The molecule has 164 valence electrons. The van der Waals surface area contributed by atoms with Crippen LogP contribution in [0.1, 0.15) is 19.3 Å². The molecule has 0 saturated carbocycles. The van der Waals surface area contributed by atoms with Crippen molar-refractivity contribution < 1.29 is 18.3 Å². The fraction of sp³-hybridized carbons (Fsp3) is 0.381. The molecule has 1 aromatic carbocycles. The first-order valence-corrected chi connectivity index (χ1v) is 11.7. The third-order valence-electron chi connectivity index (χ3n) is 5.33. The summed E-state index contributed by atoms with van der Waals surface area (Å²) in [6, 6.07) is 11.5. The first kappa shape index (κ1) is 21.6. The van der Waals surface area contributed by atoms with Crippen LogP contribution in [0.5, 0.6) is 0 Å². The maximum Gasteiger partial charge on any atom is 0.240 e. The van der Waals surface area contributed by atoms with Gasteiger partial charge in [0.05, 0.1) is 35.9 Å². The Morgan fingerprint density at radius 1 is 1.16 bits per heavy atom. The van der Waals surface area contributed by atoms with Gasteiger partial charge in [0.25, 0.3) is 0 Å². The molecule has 0 radical (unpaired) electrons. The Morgan fingerprint density at radius 3 is 2.74 bits per heavy atom. The zero-order valence-corrected chi connectivity index (χ0v) is 17.7. The summed E-state index contributed by atoms with van der Waals surface area (Å²) >= 11 is 0. The Bertz CT molecular complexity index is 1080. The standard InChI is InChI=1S/C21H25N5O4S/c27-15-21-19(24-31(28,29)18-6-2-1-3-7-18)9-8-17(30-21)10-12-26-14-20(23-25-26)16-5-4-11-22-13-16/h1-7,11,13-14,17,19,21,24,27H,8-10,12,15H2/t17-,19-,21+/m0/s1. The molecule has 0 amide bonds. The topological polar surface area (TPSA) is 119 Å². The van der Waals surface area contributed by atoms with Crippen molar-refractivity contribution in [2.24, 2.45) is 0 Å². The van der Waals surface area contributed by atoms with Crippen molar-refractivity contribution in [3.8, 4) is 11.3 Å². The number of aryl methyl sites for hydroxylation is 1. The van der Waals surface area contributed by atoms with E-state index in [0.717, 1.165) is 11.3 Å². The van der Waals surface area contributed by atoms with E-state index in [1.54, 1.807) is 47.4 Å². The molecular weight excluding hydrogens is 418 g/mol. The van der Waals surface area contributed by atoms with E-state index >= 15 is 0 Å². The molecule has 1 fully saturated rings. The second-order valence-electron chi connectivity index (χ2n) is 7.49. The molecule has 2 N–H and O–H groups in total. The van der Waals surface area contributed by atoms with E-state index in [2.05, 4.69) is 20.0 Å². The van der Waals surface area contributed by atoms with Crippen LogP contribution in [-0.2, 0) is 21.3 Å². The van der Waals surface area contributed by atoms with Gasteiger partial charge in [-0.3, -0.25) is 9.67 Å².